The molecular weight excluding hydrogens is 678 g/mol. The minimum Gasteiger partial charge on any atom is -0.507 e. The zero-order valence-electron chi connectivity index (χ0n) is 28.7. The van der Waals surface area contributed by atoms with Gasteiger partial charge in [-0.05, 0) is 68.5 Å². The van der Waals surface area contributed by atoms with Gasteiger partial charge in [0.2, 0.25) is 11.8 Å². The Bertz CT molecular complexity index is 1940. The number of hydrogen-bond acceptors (Lipinski definition) is 8. The molecule has 3 amide bonds. The first kappa shape index (κ1) is 38.3. The van der Waals surface area contributed by atoms with Crippen molar-refractivity contribution in [3.63, 3.8) is 0 Å². The first-order valence-corrected chi connectivity index (χ1v) is 16.5. The summed E-state index contributed by atoms with van der Waals surface area (Å²) in [6.45, 7) is 10.3. The van der Waals surface area contributed by atoms with E-state index in [0.717, 1.165) is 0 Å². The van der Waals surface area contributed by atoms with Crippen LogP contribution in [-0.4, -0.2) is 91.5 Å². The van der Waals surface area contributed by atoms with Crippen molar-refractivity contribution in [1.29, 1.82) is 0 Å². The molecular formula is C36H42ClN7O7. The third kappa shape index (κ3) is 8.47. The van der Waals surface area contributed by atoms with Crippen molar-refractivity contribution in [2.45, 2.75) is 57.7 Å². The Morgan fingerprint density at radius 2 is 1.82 bits per heavy atom. The third-order valence-electron chi connectivity index (χ3n) is 8.68. The molecule has 51 heavy (non-hydrogen) atoms. The molecule has 0 aliphatic carbocycles. The summed E-state index contributed by atoms with van der Waals surface area (Å²) < 4.78 is 0. The fourth-order valence-electron chi connectivity index (χ4n) is 6.02. The summed E-state index contributed by atoms with van der Waals surface area (Å²) in [7, 11) is 0. The van der Waals surface area contributed by atoms with Crippen LogP contribution in [0.3, 0.4) is 0 Å². The minimum absolute atomic E-state index is 0.0375. The average Bonchev–Trinajstić information content (AvgIpc) is 3.48. The van der Waals surface area contributed by atoms with Gasteiger partial charge in [0.25, 0.3) is 5.91 Å². The second-order valence-electron chi connectivity index (χ2n) is 12.7. The number of hydrogen-bond donors (Lipinski definition) is 7. The van der Waals surface area contributed by atoms with Crippen molar-refractivity contribution < 1.29 is 34.5 Å². The second-order valence-corrected chi connectivity index (χ2v) is 13.2. The van der Waals surface area contributed by atoms with Gasteiger partial charge in [0, 0.05) is 40.4 Å². The number of pyridine rings is 1. The molecule has 1 aliphatic heterocycles. The lowest BCUT2D eigenvalue weighted by Crippen LogP contribution is -2.59. The Hall–Kier alpha value is -5.47. The summed E-state index contributed by atoms with van der Waals surface area (Å²) in [4.78, 5) is 63.0. The Labute approximate surface area is 299 Å². The van der Waals surface area contributed by atoms with Crippen molar-refractivity contribution in [3.05, 3.63) is 77.6 Å². The predicted molar refractivity (Wildman–Crippen MR) is 195 cm³/mol. The monoisotopic (exact) mass is 719 g/mol. The van der Waals surface area contributed by atoms with E-state index >= 15 is 0 Å². The molecule has 1 aromatic heterocycles. The van der Waals surface area contributed by atoms with Crippen LogP contribution >= 0.6 is 11.6 Å². The highest BCUT2D eigenvalue weighted by atomic mass is 35.5. The number of aliphatic imine (C=N–C) groups is 1. The maximum Gasteiger partial charge on any atom is 0.352 e. The van der Waals surface area contributed by atoms with Crippen LogP contribution in [0.5, 0.6) is 5.75 Å². The number of carboxylic acids is 1. The van der Waals surface area contributed by atoms with Crippen LogP contribution in [0, 0.1) is 5.92 Å². The summed E-state index contributed by atoms with van der Waals surface area (Å²) in [6, 6.07) is 8.72. The normalized spacial score (nSPS) is 17.2. The van der Waals surface area contributed by atoms with Gasteiger partial charge in [-0.1, -0.05) is 31.7 Å². The van der Waals surface area contributed by atoms with Crippen LogP contribution in [0.4, 0.5) is 0 Å². The highest BCUT2D eigenvalue weighted by molar-refractivity contribution is 6.23. The van der Waals surface area contributed by atoms with Crippen molar-refractivity contribution in [2.75, 3.05) is 13.1 Å². The number of phenolic OH excluding ortho intramolecular Hbond substituents is 1. The Morgan fingerprint density at radius 1 is 1.14 bits per heavy atom. The van der Waals surface area contributed by atoms with Gasteiger partial charge < -0.3 is 42.3 Å². The number of carbonyl (C=O) groups excluding carboxylic acids is 3. The van der Waals surface area contributed by atoms with Gasteiger partial charge in [-0.3, -0.25) is 24.4 Å². The Balaban J connectivity index is 1.74. The number of phenols is 1. The lowest BCUT2D eigenvalue weighted by Gasteiger charge is -2.33. The smallest absolute Gasteiger partial charge is 0.352 e. The molecule has 0 bridgehead atoms. The van der Waals surface area contributed by atoms with Gasteiger partial charge >= 0.3 is 5.97 Å². The number of carboxylic acid groups (broad SMARTS) is 1. The number of para-hydroxylation sites is 1. The fourth-order valence-corrected chi connectivity index (χ4v) is 6.27. The number of aliphatic hydroxyl groups is 1. The molecule has 14 nitrogen and oxygen atoms in total. The van der Waals surface area contributed by atoms with Gasteiger partial charge in [0.1, 0.15) is 23.5 Å². The van der Waals surface area contributed by atoms with Crippen molar-refractivity contribution in [1.82, 2.24) is 20.5 Å². The molecule has 270 valence electrons. The number of nitrogens with two attached hydrogens (primary N) is 2. The zero-order valence-corrected chi connectivity index (χ0v) is 29.4. The van der Waals surface area contributed by atoms with E-state index in [9.17, 15) is 34.5 Å². The molecule has 5 atom stereocenters. The van der Waals surface area contributed by atoms with E-state index in [1.165, 1.54) is 36.9 Å². The van der Waals surface area contributed by atoms with E-state index < -0.39 is 59.7 Å². The van der Waals surface area contributed by atoms with Gasteiger partial charge in [-0.2, -0.15) is 0 Å². The van der Waals surface area contributed by atoms with E-state index in [1.54, 1.807) is 20.0 Å². The molecule has 0 radical (unpaired) electrons. The van der Waals surface area contributed by atoms with Crippen molar-refractivity contribution >= 4 is 57.7 Å². The number of benzene rings is 2. The number of alkyl halides is 1. The summed E-state index contributed by atoms with van der Waals surface area (Å²) in [5.41, 5.74) is 13.8. The topological polar surface area (TPSA) is 234 Å². The van der Waals surface area contributed by atoms with Crippen molar-refractivity contribution in [2.24, 2.45) is 22.4 Å². The number of nitrogens with one attached hydrogen (secondary N) is 2. The number of aliphatic hydroxyl groups excluding tert-OH is 1. The van der Waals surface area contributed by atoms with Crippen LogP contribution < -0.4 is 22.1 Å². The molecule has 2 aromatic carbocycles. The maximum atomic E-state index is 14.3. The zero-order chi connectivity index (χ0) is 37.7. The summed E-state index contributed by atoms with van der Waals surface area (Å²) >= 11 is 6.68. The minimum atomic E-state index is -1.61. The lowest BCUT2D eigenvalue weighted by atomic mass is 9.92. The summed E-state index contributed by atoms with van der Waals surface area (Å²) in [6.07, 6.45) is 0.492. The molecule has 3 aromatic rings. The lowest BCUT2D eigenvalue weighted by molar-refractivity contribution is -0.141. The average molecular weight is 720 g/mol. The number of amides is 3. The standard InChI is InChI=1S/C36H42ClN7O7/c1-17(2)23-15-40-24-9-7-6-8-21(24)27(23)22-14-20(10-11-25(22)45)32(47)43-30(28(37)26(46)16-41-36(38)39)34(49)44-13-12-19(5)31(44)33(48)42-29(18(3)4)35(50)51/h6-11,14-15,19,26,28,30-31,45-46H,1,12-13,16H2,2-5H3,(H,42,48)(H,43,47)(H,50,51)(H4,38,39,41). The predicted octanol–water partition coefficient (Wildman–Crippen LogP) is 2.71. The number of aromatic hydroxyl groups is 1. The Morgan fingerprint density at radius 3 is 2.45 bits per heavy atom. The number of rotatable bonds is 12. The molecule has 1 saturated heterocycles. The second kappa shape index (κ2) is 16.0. The number of halogens is 1. The van der Waals surface area contributed by atoms with E-state index in [1.807, 2.05) is 24.3 Å². The van der Waals surface area contributed by atoms with Gasteiger partial charge in [0.05, 0.1) is 23.5 Å². The molecule has 15 heteroatoms. The number of aromatic nitrogens is 1. The SMILES string of the molecule is C=C(C)c1cnc2ccccc2c1-c1cc(C(=O)NC(C(=O)N2CCC(C)C2C(=O)NC(C(=O)O)=C(C)C)C(Cl)C(O)CN=C(N)N)ccc1O. The first-order chi connectivity index (χ1) is 24.0. The molecule has 4 rings (SSSR count). The first-order valence-electron chi connectivity index (χ1n) is 16.1. The highest BCUT2D eigenvalue weighted by Crippen LogP contribution is 2.39. The summed E-state index contributed by atoms with van der Waals surface area (Å²) in [5, 5.41) is 35.8. The van der Waals surface area contributed by atoms with Gasteiger partial charge in [0.15, 0.2) is 5.96 Å². The number of carbonyl (C=O) groups is 4. The maximum absolute atomic E-state index is 14.3. The van der Waals surface area contributed by atoms with E-state index in [4.69, 9.17) is 23.1 Å². The van der Waals surface area contributed by atoms with Crippen LogP contribution in [0.2, 0.25) is 0 Å². The molecule has 2 heterocycles. The van der Waals surface area contributed by atoms with Crippen molar-refractivity contribution in [3.8, 4) is 16.9 Å². The number of likely N-dealkylation sites (tertiary alicyclic amines) is 1. The van der Waals surface area contributed by atoms with E-state index in [-0.39, 0.29) is 29.5 Å². The molecule has 5 unspecified atom stereocenters. The van der Waals surface area contributed by atoms with E-state index in [0.29, 0.717) is 45.2 Å². The van der Waals surface area contributed by atoms with Crippen LogP contribution in [-0.2, 0) is 14.4 Å². The molecule has 0 spiro atoms. The quantitative estimate of drug-likeness (QED) is 0.0626. The molecule has 1 aliphatic rings. The number of aliphatic carboxylic acids is 1. The molecule has 1 fully saturated rings. The van der Waals surface area contributed by atoms with Crippen LogP contribution in [0.15, 0.2) is 71.5 Å². The largest absolute Gasteiger partial charge is 0.507 e. The van der Waals surface area contributed by atoms with Crippen LogP contribution in [0.25, 0.3) is 27.6 Å². The number of guanidine groups is 1. The van der Waals surface area contributed by atoms with Gasteiger partial charge in [-0.25, -0.2) is 4.79 Å². The highest BCUT2D eigenvalue weighted by Gasteiger charge is 2.45. The number of fused-ring (bicyclic) bond motifs is 1. The number of allylic oxidation sites excluding steroid dienone is 2. The van der Waals surface area contributed by atoms with E-state index in [2.05, 4.69) is 27.2 Å². The molecule has 9 N–H and O–H groups in total. The summed E-state index contributed by atoms with van der Waals surface area (Å²) in [5.74, 6) is -4.51. The Kier molecular flexibility index (Phi) is 12.1. The fraction of sp³-hybridized carbons (Fsp3) is 0.333. The number of nitrogens with zero attached hydrogens (tertiary/aromatic N) is 3. The molecule has 0 saturated carbocycles. The van der Waals surface area contributed by atoms with Crippen LogP contribution in [0.1, 0.15) is 50.0 Å². The third-order valence-corrected chi connectivity index (χ3v) is 9.22. The van der Waals surface area contributed by atoms with Gasteiger partial charge in [-0.15, -0.1) is 11.6 Å².